The van der Waals surface area contributed by atoms with Crippen LogP contribution in [0.3, 0.4) is 0 Å². The van der Waals surface area contributed by atoms with Crippen molar-refractivity contribution in [1.82, 2.24) is 5.43 Å². The highest BCUT2D eigenvalue weighted by atomic mass is 19.4. The fraction of sp³-hybridized carbons (Fsp3) is 0.378. The molecular formula is C45H49F3N5O4. The number of anilines is 2. The van der Waals surface area contributed by atoms with Crippen LogP contribution in [-0.4, -0.2) is 30.6 Å². The molecule has 12 heteroatoms. The Labute approximate surface area is 333 Å². The lowest BCUT2D eigenvalue weighted by molar-refractivity contribution is -0.0625. The van der Waals surface area contributed by atoms with E-state index in [-0.39, 0.29) is 22.7 Å². The van der Waals surface area contributed by atoms with Gasteiger partial charge in [-0.2, -0.15) is 28.5 Å². The molecule has 0 fully saturated rings. The van der Waals surface area contributed by atoms with E-state index in [0.717, 1.165) is 23.3 Å². The molecule has 1 aliphatic rings. The second-order valence-electron chi connectivity index (χ2n) is 14.0. The summed E-state index contributed by atoms with van der Waals surface area (Å²) >= 11 is 0. The van der Waals surface area contributed by atoms with Crippen molar-refractivity contribution in [3.8, 4) is 28.7 Å². The monoisotopic (exact) mass is 780 g/mol. The number of carbonyl (C=O) groups is 2. The molecule has 0 atom stereocenters. The van der Waals surface area contributed by atoms with E-state index in [1.54, 1.807) is 12.1 Å². The molecule has 57 heavy (non-hydrogen) atoms. The normalized spacial score (nSPS) is 12.8. The van der Waals surface area contributed by atoms with Crippen molar-refractivity contribution in [3.63, 3.8) is 0 Å². The van der Waals surface area contributed by atoms with Gasteiger partial charge in [-0.3, -0.25) is 0 Å². The van der Waals surface area contributed by atoms with Gasteiger partial charge in [-0.15, -0.1) is 10.5 Å². The molecule has 0 aliphatic carbocycles. The zero-order chi connectivity index (χ0) is 40.5. The fourth-order valence-corrected chi connectivity index (χ4v) is 6.36. The quantitative estimate of drug-likeness (QED) is 0.0475. The number of nitriles is 1. The van der Waals surface area contributed by atoms with Crippen molar-refractivity contribution in [2.45, 2.75) is 103 Å². The standard InChI is InChI=1S/C45H49F3N5O4/c1-2-3-4-5-6-7-8-9-10-11-12-13-14-15-32-56-40-28-22-36(23-29-40)35-18-20-37(21-19-35)42(54)57-41-30-26-39(27-31-41)53-44(55)52(50-43(51-53)45(46,47)48)38-24-16-34(33-49)17-25-38/h16-31H,2-15,32H2,1H3. The largest absolute Gasteiger partial charge is 0.494 e. The molecule has 1 radical (unpaired) electrons. The van der Waals surface area contributed by atoms with Crippen molar-refractivity contribution in [2.24, 2.45) is 5.10 Å². The van der Waals surface area contributed by atoms with Crippen LogP contribution in [0.1, 0.15) is 113 Å². The van der Waals surface area contributed by atoms with Crippen LogP contribution in [0.4, 0.5) is 29.3 Å². The molecule has 1 heterocycles. The number of esters is 1. The maximum absolute atomic E-state index is 13.7. The molecule has 1 aliphatic heterocycles. The van der Waals surface area contributed by atoms with Gasteiger partial charge in [0.15, 0.2) is 0 Å². The zero-order valence-electron chi connectivity index (χ0n) is 32.3. The minimum Gasteiger partial charge on any atom is -0.494 e. The minimum absolute atomic E-state index is 0.00817. The number of benzene rings is 4. The number of hydrogen-bond donors (Lipinski definition) is 0. The van der Waals surface area contributed by atoms with Gasteiger partial charge in [0.1, 0.15) is 11.5 Å². The molecule has 0 saturated heterocycles. The first-order valence-corrected chi connectivity index (χ1v) is 19.8. The molecule has 4 aromatic carbocycles. The van der Waals surface area contributed by atoms with Crippen LogP contribution in [-0.2, 0) is 0 Å². The molecule has 2 amide bonds. The van der Waals surface area contributed by atoms with Crippen molar-refractivity contribution >= 4 is 29.2 Å². The molecule has 0 aromatic heterocycles. The van der Waals surface area contributed by atoms with E-state index in [1.165, 1.54) is 132 Å². The Morgan fingerprint density at radius 1 is 0.649 bits per heavy atom. The number of nitrogens with zero attached hydrogens (tertiary/aromatic N) is 5. The number of unbranched alkanes of at least 4 members (excludes halogenated alkanes) is 13. The molecule has 0 spiro atoms. The third kappa shape index (κ3) is 12.9. The van der Waals surface area contributed by atoms with Crippen LogP contribution in [0, 0.1) is 11.3 Å². The number of rotatable bonds is 21. The average molecular weight is 781 g/mol. The van der Waals surface area contributed by atoms with E-state index in [0.29, 0.717) is 22.2 Å². The summed E-state index contributed by atoms with van der Waals surface area (Å²) in [7, 11) is 0. The highest BCUT2D eigenvalue weighted by Gasteiger charge is 2.45. The van der Waals surface area contributed by atoms with Crippen LogP contribution < -0.4 is 24.9 Å². The Kier molecular flexibility index (Phi) is 15.9. The molecule has 0 saturated carbocycles. The number of urea groups is 1. The summed E-state index contributed by atoms with van der Waals surface area (Å²) in [6.45, 7) is 2.95. The summed E-state index contributed by atoms with van der Waals surface area (Å²) in [5, 5.41) is 13.6. The molecule has 5 rings (SSSR count). The van der Waals surface area contributed by atoms with Gasteiger partial charge in [0.2, 0.25) is 0 Å². The molecule has 4 aromatic rings. The predicted octanol–water partition coefficient (Wildman–Crippen LogP) is 12.1. The van der Waals surface area contributed by atoms with Gasteiger partial charge in [-0.1, -0.05) is 115 Å². The highest BCUT2D eigenvalue weighted by molar-refractivity contribution is 6.10. The van der Waals surface area contributed by atoms with E-state index in [4.69, 9.17) is 14.7 Å². The number of carbonyl (C=O) groups excluding carboxylic acids is 2. The summed E-state index contributed by atoms with van der Waals surface area (Å²) in [5.74, 6) is -1.27. The van der Waals surface area contributed by atoms with Crippen molar-refractivity contribution < 1.29 is 32.2 Å². The molecule has 0 N–H and O–H groups in total. The summed E-state index contributed by atoms with van der Waals surface area (Å²) in [6, 6.07) is 26.3. The molecular weight excluding hydrogens is 732 g/mol. The average Bonchev–Trinajstić information content (AvgIpc) is 3.22. The van der Waals surface area contributed by atoms with Crippen LogP contribution in [0.5, 0.6) is 11.5 Å². The Morgan fingerprint density at radius 2 is 1.12 bits per heavy atom. The lowest BCUT2D eigenvalue weighted by atomic mass is 10.0. The zero-order valence-corrected chi connectivity index (χ0v) is 32.3. The molecule has 299 valence electrons. The van der Waals surface area contributed by atoms with Crippen molar-refractivity contribution in [2.75, 3.05) is 16.6 Å². The van der Waals surface area contributed by atoms with E-state index in [1.807, 2.05) is 42.5 Å². The molecule has 0 bridgehead atoms. The van der Waals surface area contributed by atoms with Gasteiger partial charge in [-0.25, -0.2) is 9.59 Å². The molecule has 0 unspecified atom stereocenters. The second kappa shape index (κ2) is 21.5. The van der Waals surface area contributed by atoms with Crippen molar-refractivity contribution in [1.29, 1.82) is 5.26 Å². The van der Waals surface area contributed by atoms with Gasteiger partial charge in [0, 0.05) is 0 Å². The van der Waals surface area contributed by atoms with Gasteiger partial charge < -0.3 is 9.47 Å². The summed E-state index contributed by atoms with van der Waals surface area (Å²) in [6.07, 6.45) is 13.5. The number of ether oxygens (including phenoxy) is 2. The second-order valence-corrected chi connectivity index (χ2v) is 14.0. The summed E-state index contributed by atoms with van der Waals surface area (Å²) < 4.78 is 52.6. The maximum atomic E-state index is 13.7. The summed E-state index contributed by atoms with van der Waals surface area (Å²) in [5.41, 5.74) is 5.83. The van der Waals surface area contributed by atoms with Crippen LogP contribution >= 0.6 is 0 Å². The SMILES string of the molecule is CCCCCCCCCCCCCCCCOc1ccc(-c2ccc(C(=O)Oc3ccc(N4[N]C(C(F)(F)F)=NN(c5ccc(C#N)cc5)C4=O)cc3)cc2)cc1. The van der Waals surface area contributed by atoms with E-state index >= 15 is 0 Å². The third-order valence-corrected chi connectivity index (χ3v) is 9.61. The smallest absolute Gasteiger partial charge is 0.455 e. The number of hydrazone groups is 1. The predicted molar refractivity (Wildman–Crippen MR) is 216 cm³/mol. The first-order chi connectivity index (χ1) is 27.7. The van der Waals surface area contributed by atoms with Crippen LogP contribution in [0.2, 0.25) is 0 Å². The van der Waals surface area contributed by atoms with E-state index in [2.05, 4.69) is 17.5 Å². The van der Waals surface area contributed by atoms with Gasteiger partial charge in [-0.05, 0) is 90.3 Å². The Morgan fingerprint density at radius 3 is 1.65 bits per heavy atom. The van der Waals surface area contributed by atoms with Crippen LogP contribution in [0.25, 0.3) is 11.1 Å². The van der Waals surface area contributed by atoms with Gasteiger partial charge in [0.05, 0.1) is 35.2 Å². The number of hydrogen-bond acceptors (Lipinski definition) is 6. The number of alkyl halides is 3. The Hall–Kier alpha value is -5.83. The number of amides is 2. The number of amidine groups is 1. The first-order valence-electron chi connectivity index (χ1n) is 19.8. The lowest BCUT2D eigenvalue weighted by Crippen LogP contribution is -2.55. The topological polar surface area (TPSA) is 109 Å². The molecule has 9 nitrogen and oxygen atoms in total. The van der Waals surface area contributed by atoms with E-state index < -0.39 is 24.0 Å². The number of halogens is 3. The lowest BCUT2D eigenvalue weighted by Gasteiger charge is -2.32. The first kappa shape index (κ1) is 42.3. The van der Waals surface area contributed by atoms with E-state index in [9.17, 15) is 22.8 Å². The van der Waals surface area contributed by atoms with Crippen molar-refractivity contribution in [3.05, 3.63) is 108 Å². The Balaban J connectivity index is 1.04. The minimum atomic E-state index is -4.96. The third-order valence-electron chi connectivity index (χ3n) is 9.61. The maximum Gasteiger partial charge on any atom is 0.455 e. The van der Waals surface area contributed by atoms with Gasteiger partial charge >= 0.3 is 18.2 Å². The van der Waals surface area contributed by atoms with Gasteiger partial charge in [0.25, 0.3) is 5.84 Å². The Bertz CT molecular complexity index is 1940. The fourth-order valence-electron chi connectivity index (χ4n) is 6.36. The highest BCUT2D eigenvalue weighted by Crippen LogP contribution is 2.30. The van der Waals surface area contributed by atoms with Crippen LogP contribution in [0.15, 0.2) is 102 Å². The summed E-state index contributed by atoms with van der Waals surface area (Å²) in [4.78, 5) is 26.1.